The molecule has 0 bridgehead atoms. The Kier molecular flexibility index (Phi) is 6.92. The summed E-state index contributed by atoms with van der Waals surface area (Å²) in [5.74, 6) is 0. The second-order valence-electron chi connectivity index (χ2n) is 10.1. The quantitative estimate of drug-likeness (QED) is 0.232. The lowest BCUT2D eigenvalue weighted by molar-refractivity contribution is 0.0325. The van der Waals surface area contributed by atoms with Crippen molar-refractivity contribution in [3.63, 3.8) is 0 Å². The summed E-state index contributed by atoms with van der Waals surface area (Å²) in [6.07, 6.45) is 1.38. The Hall–Kier alpha value is -3.98. The van der Waals surface area contributed by atoms with Gasteiger partial charge in [-0.25, -0.2) is 0 Å². The highest BCUT2D eigenvalue weighted by molar-refractivity contribution is 5.63. The van der Waals surface area contributed by atoms with Gasteiger partial charge < -0.3 is 5.11 Å². The van der Waals surface area contributed by atoms with Crippen LogP contribution in [-0.4, -0.2) is 22.6 Å². The molecule has 2 heteroatoms. The second-order valence-corrected chi connectivity index (χ2v) is 10.1. The van der Waals surface area contributed by atoms with E-state index >= 15 is 0 Å². The molecule has 188 valence electrons. The van der Waals surface area contributed by atoms with Crippen molar-refractivity contribution in [3.05, 3.63) is 168 Å². The molecule has 1 saturated heterocycles. The summed E-state index contributed by atoms with van der Waals surface area (Å²) in [4.78, 5) is 2.56. The minimum atomic E-state index is -0.599. The first-order chi connectivity index (χ1) is 18.8. The van der Waals surface area contributed by atoms with Crippen molar-refractivity contribution in [1.29, 1.82) is 0 Å². The van der Waals surface area contributed by atoms with Gasteiger partial charge in [0.15, 0.2) is 0 Å². The minimum Gasteiger partial charge on any atom is -0.387 e. The van der Waals surface area contributed by atoms with Crippen LogP contribution in [0.5, 0.6) is 0 Å². The van der Waals surface area contributed by atoms with Crippen LogP contribution in [0.4, 0.5) is 0 Å². The van der Waals surface area contributed by atoms with E-state index in [1.165, 1.54) is 22.3 Å². The van der Waals surface area contributed by atoms with Crippen LogP contribution in [0, 0.1) is 0 Å². The Bertz CT molecular complexity index is 1340. The molecule has 38 heavy (non-hydrogen) atoms. The van der Waals surface area contributed by atoms with Gasteiger partial charge in [0.1, 0.15) is 0 Å². The molecule has 1 N–H and O–H groups in total. The molecule has 0 spiro atoms. The van der Waals surface area contributed by atoms with E-state index < -0.39 is 11.6 Å². The Labute approximate surface area is 225 Å². The lowest BCUT2D eigenvalue weighted by atomic mass is 9.74. The van der Waals surface area contributed by atoms with Crippen molar-refractivity contribution < 1.29 is 5.11 Å². The van der Waals surface area contributed by atoms with E-state index in [-0.39, 0.29) is 6.04 Å². The Balaban J connectivity index is 1.46. The highest BCUT2D eigenvalue weighted by atomic mass is 16.3. The van der Waals surface area contributed by atoms with Crippen molar-refractivity contribution >= 4 is 0 Å². The van der Waals surface area contributed by atoms with Gasteiger partial charge >= 0.3 is 0 Å². The summed E-state index contributed by atoms with van der Waals surface area (Å²) in [5.41, 5.74) is 6.45. The second kappa shape index (κ2) is 10.8. The van der Waals surface area contributed by atoms with Crippen molar-refractivity contribution in [2.75, 3.05) is 6.54 Å². The maximum Gasteiger partial charge on any atom is 0.0976 e. The maximum atomic E-state index is 11.9. The summed E-state index contributed by atoms with van der Waals surface area (Å²) in [7, 11) is 0. The predicted octanol–water partition coefficient (Wildman–Crippen LogP) is 7.84. The van der Waals surface area contributed by atoms with Crippen molar-refractivity contribution in [2.24, 2.45) is 0 Å². The van der Waals surface area contributed by atoms with Crippen LogP contribution in [0.1, 0.15) is 41.2 Å². The molecule has 0 aromatic heterocycles. The fourth-order valence-electron chi connectivity index (χ4n) is 6.30. The van der Waals surface area contributed by atoms with Gasteiger partial charge in [0.2, 0.25) is 0 Å². The van der Waals surface area contributed by atoms with Crippen LogP contribution < -0.4 is 0 Å². The number of hydrogen-bond donors (Lipinski definition) is 1. The topological polar surface area (TPSA) is 23.5 Å². The number of hydrogen-bond acceptors (Lipinski definition) is 2. The average molecular weight is 496 g/mol. The lowest BCUT2D eigenvalue weighted by Gasteiger charge is -2.47. The third-order valence-electron chi connectivity index (χ3n) is 8.03. The average Bonchev–Trinajstić information content (AvgIpc) is 3.50. The van der Waals surface area contributed by atoms with Gasteiger partial charge in [0.25, 0.3) is 0 Å². The third kappa shape index (κ3) is 4.36. The molecule has 0 radical (unpaired) electrons. The van der Waals surface area contributed by atoms with Crippen LogP contribution >= 0.6 is 0 Å². The van der Waals surface area contributed by atoms with Gasteiger partial charge in [-0.3, -0.25) is 4.90 Å². The number of aliphatic hydroxyl groups is 1. The van der Waals surface area contributed by atoms with Crippen LogP contribution in [0.3, 0.4) is 0 Å². The number of rotatable bonds is 7. The normalized spacial score (nSPS) is 16.8. The fourth-order valence-corrected chi connectivity index (χ4v) is 6.30. The highest BCUT2D eigenvalue weighted by Gasteiger charge is 2.48. The summed E-state index contributed by atoms with van der Waals surface area (Å²) < 4.78 is 0. The van der Waals surface area contributed by atoms with Gasteiger partial charge in [-0.15, -0.1) is 0 Å². The molecule has 1 unspecified atom stereocenters. The molecule has 2 atom stereocenters. The van der Waals surface area contributed by atoms with Gasteiger partial charge in [-0.05, 0) is 46.2 Å². The van der Waals surface area contributed by atoms with E-state index in [2.05, 4.69) is 144 Å². The van der Waals surface area contributed by atoms with Crippen LogP contribution in [0.2, 0.25) is 0 Å². The van der Waals surface area contributed by atoms with Crippen molar-refractivity contribution in [1.82, 2.24) is 4.90 Å². The molecule has 1 aliphatic rings. The van der Waals surface area contributed by atoms with Crippen molar-refractivity contribution in [2.45, 2.75) is 30.5 Å². The van der Waals surface area contributed by atoms with Crippen LogP contribution in [0.15, 0.2) is 146 Å². The molecule has 1 heterocycles. The molecule has 1 aliphatic heterocycles. The molecular weight excluding hydrogens is 462 g/mol. The lowest BCUT2D eigenvalue weighted by Crippen LogP contribution is -2.52. The molecule has 0 aliphatic carbocycles. The third-order valence-corrected chi connectivity index (χ3v) is 8.03. The maximum absolute atomic E-state index is 11.9. The molecule has 1 fully saturated rings. The monoisotopic (exact) mass is 495 g/mol. The molecule has 0 amide bonds. The first-order valence-electron chi connectivity index (χ1n) is 13.6. The molecule has 5 aromatic rings. The standard InChI is InChI=1S/C36H33NO/c38-35(30-25-23-29(24-26-30)28-14-5-1-6-15-28)34-22-13-27-37(34)36(31-16-7-2-8-17-31,32-18-9-3-10-19-32)33-20-11-4-12-21-33/h1-12,14-21,23-26,34-35,38H,13,22,27H2/t34-,35?/m0/s1. The summed E-state index contributed by atoms with van der Waals surface area (Å²) in [6, 6.07) is 51.2. The largest absolute Gasteiger partial charge is 0.387 e. The Morgan fingerprint density at radius 1 is 0.553 bits per heavy atom. The first-order valence-corrected chi connectivity index (χ1v) is 13.6. The van der Waals surface area contributed by atoms with Crippen molar-refractivity contribution in [3.8, 4) is 11.1 Å². The molecule has 6 rings (SSSR count). The van der Waals surface area contributed by atoms with E-state index in [1.54, 1.807) is 0 Å². The highest BCUT2D eigenvalue weighted by Crippen LogP contribution is 2.48. The first kappa shape index (κ1) is 24.4. The fraction of sp³-hybridized carbons (Fsp3) is 0.167. The van der Waals surface area contributed by atoms with E-state index in [0.29, 0.717) is 0 Å². The SMILES string of the molecule is OC(c1ccc(-c2ccccc2)cc1)[C@@H]1CCCN1C(c1ccccc1)(c1ccccc1)c1ccccc1. The van der Waals surface area contributed by atoms with Gasteiger partial charge in [-0.1, -0.05) is 146 Å². The van der Waals surface area contributed by atoms with E-state index in [4.69, 9.17) is 0 Å². The van der Waals surface area contributed by atoms with Crippen LogP contribution in [0.25, 0.3) is 11.1 Å². The van der Waals surface area contributed by atoms with Crippen LogP contribution in [-0.2, 0) is 5.54 Å². The van der Waals surface area contributed by atoms with E-state index in [1.807, 2.05) is 6.07 Å². The zero-order valence-electron chi connectivity index (χ0n) is 21.5. The number of likely N-dealkylation sites (tertiary alicyclic amines) is 1. The molecule has 5 aromatic carbocycles. The van der Waals surface area contributed by atoms with Gasteiger partial charge in [0.05, 0.1) is 11.6 Å². The molecule has 0 saturated carbocycles. The number of nitrogens with zero attached hydrogens (tertiary/aromatic N) is 1. The van der Waals surface area contributed by atoms with E-state index in [9.17, 15) is 5.11 Å². The predicted molar refractivity (Wildman–Crippen MR) is 156 cm³/mol. The molecule has 2 nitrogen and oxygen atoms in total. The molecular formula is C36H33NO. The number of benzene rings is 5. The zero-order valence-corrected chi connectivity index (χ0v) is 21.5. The summed E-state index contributed by atoms with van der Waals surface area (Å²) >= 11 is 0. The summed E-state index contributed by atoms with van der Waals surface area (Å²) in [5, 5.41) is 11.9. The Morgan fingerprint density at radius 2 is 0.974 bits per heavy atom. The smallest absolute Gasteiger partial charge is 0.0976 e. The zero-order chi connectivity index (χ0) is 25.8. The van der Waals surface area contributed by atoms with E-state index in [0.717, 1.165) is 30.5 Å². The summed E-state index contributed by atoms with van der Waals surface area (Å²) in [6.45, 7) is 0.905. The van der Waals surface area contributed by atoms with Gasteiger partial charge in [0, 0.05) is 12.6 Å². The van der Waals surface area contributed by atoms with Gasteiger partial charge in [-0.2, -0.15) is 0 Å². The number of aliphatic hydroxyl groups excluding tert-OH is 1. The Morgan fingerprint density at radius 3 is 1.45 bits per heavy atom. The minimum absolute atomic E-state index is 0.0295.